The summed E-state index contributed by atoms with van der Waals surface area (Å²) in [6.45, 7) is 5.84. The number of aromatic nitrogens is 2. The van der Waals surface area contributed by atoms with Gasteiger partial charge in [0.15, 0.2) is 5.69 Å². The van der Waals surface area contributed by atoms with Crippen molar-refractivity contribution in [1.29, 1.82) is 0 Å². The lowest BCUT2D eigenvalue weighted by Crippen LogP contribution is -2.51. The molecule has 5 rings (SSSR count). The Morgan fingerprint density at radius 2 is 1.84 bits per heavy atom. The molecule has 2 aliphatic rings. The molecular weight excluding hydrogens is 404 g/mol. The molecule has 1 amide bonds. The van der Waals surface area contributed by atoms with Crippen molar-refractivity contribution < 1.29 is 9.53 Å². The van der Waals surface area contributed by atoms with Crippen LogP contribution >= 0.6 is 0 Å². The number of carbonyl (C=O) groups is 1. The zero-order valence-electron chi connectivity index (χ0n) is 18.1. The molecule has 0 spiro atoms. The number of primary amides is 1. The van der Waals surface area contributed by atoms with Crippen molar-refractivity contribution in [2.24, 2.45) is 5.73 Å². The van der Waals surface area contributed by atoms with Crippen LogP contribution in [0.15, 0.2) is 54.6 Å². The van der Waals surface area contributed by atoms with Gasteiger partial charge in [0, 0.05) is 32.2 Å². The molecule has 2 atom stereocenters. The molecule has 1 fully saturated rings. The first kappa shape index (κ1) is 20.5. The molecule has 3 heterocycles. The summed E-state index contributed by atoms with van der Waals surface area (Å²) in [7, 11) is 0. The summed E-state index contributed by atoms with van der Waals surface area (Å²) in [4.78, 5) is 14.9. The van der Waals surface area contributed by atoms with Crippen LogP contribution in [0.1, 0.15) is 35.6 Å². The van der Waals surface area contributed by atoms with E-state index in [1.807, 2.05) is 54.6 Å². The molecule has 32 heavy (non-hydrogen) atoms. The molecule has 0 radical (unpaired) electrons. The second kappa shape index (κ2) is 8.64. The van der Waals surface area contributed by atoms with Crippen molar-refractivity contribution in [2.45, 2.75) is 25.4 Å². The Morgan fingerprint density at radius 3 is 2.56 bits per heavy atom. The molecule has 0 saturated carbocycles. The number of nitrogens with two attached hydrogens (primary N) is 1. The Morgan fingerprint density at radius 1 is 1.09 bits per heavy atom. The molecule has 4 N–H and O–H groups in total. The number of ether oxygens (including phenoxy) is 1. The topological polar surface area (TPSA) is 97.4 Å². The highest BCUT2D eigenvalue weighted by Crippen LogP contribution is 2.37. The summed E-state index contributed by atoms with van der Waals surface area (Å²) >= 11 is 0. The maximum absolute atomic E-state index is 12.4. The SMILES string of the molecule is C[C@H]1CN(C2CCNc3c2nn(-c2ccc(Oc4ccccc4)cc2)c3C(N)=O)CCN1. The second-order valence-electron chi connectivity index (χ2n) is 8.38. The fraction of sp³-hybridized carbons (Fsp3) is 0.333. The van der Waals surface area contributed by atoms with Crippen molar-refractivity contribution >= 4 is 11.6 Å². The van der Waals surface area contributed by atoms with Crippen LogP contribution in [0.3, 0.4) is 0 Å². The molecule has 1 aromatic heterocycles. The van der Waals surface area contributed by atoms with Crippen LogP contribution < -0.4 is 21.1 Å². The van der Waals surface area contributed by atoms with Crippen molar-refractivity contribution in [2.75, 3.05) is 31.5 Å². The van der Waals surface area contributed by atoms with Gasteiger partial charge in [0.2, 0.25) is 0 Å². The predicted molar refractivity (Wildman–Crippen MR) is 123 cm³/mol. The number of hydrogen-bond acceptors (Lipinski definition) is 6. The van der Waals surface area contributed by atoms with Gasteiger partial charge in [-0.05, 0) is 49.7 Å². The summed E-state index contributed by atoms with van der Waals surface area (Å²) < 4.78 is 7.55. The van der Waals surface area contributed by atoms with Gasteiger partial charge in [0.05, 0.1) is 17.4 Å². The largest absolute Gasteiger partial charge is 0.457 e. The van der Waals surface area contributed by atoms with Gasteiger partial charge < -0.3 is 21.1 Å². The van der Waals surface area contributed by atoms with E-state index >= 15 is 0 Å². The van der Waals surface area contributed by atoms with Crippen molar-refractivity contribution in [3.8, 4) is 17.2 Å². The van der Waals surface area contributed by atoms with Crippen molar-refractivity contribution in [3.05, 3.63) is 66.0 Å². The number of rotatable bonds is 5. The average Bonchev–Trinajstić information content (AvgIpc) is 3.20. The number of piperazine rings is 1. The van der Waals surface area contributed by atoms with E-state index in [9.17, 15) is 4.79 Å². The lowest BCUT2D eigenvalue weighted by molar-refractivity contribution is 0.0993. The number of hydrogen-bond donors (Lipinski definition) is 3. The lowest BCUT2D eigenvalue weighted by Gasteiger charge is -2.39. The number of anilines is 1. The van der Waals surface area contributed by atoms with Gasteiger partial charge in [-0.2, -0.15) is 5.10 Å². The second-order valence-corrected chi connectivity index (χ2v) is 8.38. The minimum absolute atomic E-state index is 0.163. The molecular formula is C24H28N6O2. The fourth-order valence-corrected chi connectivity index (χ4v) is 4.61. The summed E-state index contributed by atoms with van der Waals surface area (Å²) in [6, 6.07) is 17.7. The number of amides is 1. The Balaban J connectivity index is 1.47. The monoisotopic (exact) mass is 432 g/mol. The molecule has 1 unspecified atom stereocenters. The van der Waals surface area contributed by atoms with Crippen molar-refractivity contribution in [1.82, 2.24) is 20.0 Å². The zero-order valence-corrected chi connectivity index (χ0v) is 18.1. The summed E-state index contributed by atoms with van der Waals surface area (Å²) in [6.07, 6.45) is 0.943. The summed E-state index contributed by atoms with van der Waals surface area (Å²) in [5, 5.41) is 11.8. The Bertz CT molecular complexity index is 1100. The van der Waals surface area contributed by atoms with Crippen LogP contribution in [-0.2, 0) is 0 Å². The smallest absolute Gasteiger partial charge is 0.269 e. The van der Waals surface area contributed by atoms with E-state index in [2.05, 4.69) is 22.5 Å². The Labute approximate surface area is 187 Å². The van der Waals surface area contributed by atoms with E-state index in [0.29, 0.717) is 17.5 Å². The van der Waals surface area contributed by atoms with E-state index in [-0.39, 0.29) is 6.04 Å². The van der Waals surface area contributed by atoms with Crippen LogP contribution in [0.4, 0.5) is 5.69 Å². The van der Waals surface area contributed by atoms with Crippen LogP contribution in [0, 0.1) is 0 Å². The minimum Gasteiger partial charge on any atom is -0.457 e. The number of nitrogens with zero attached hydrogens (tertiary/aromatic N) is 3. The molecule has 2 aromatic carbocycles. The third kappa shape index (κ3) is 3.94. The van der Waals surface area contributed by atoms with E-state index < -0.39 is 5.91 Å². The summed E-state index contributed by atoms with van der Waals surface area (Å²) in [5.41, 5.74) is 8.62. The lowest BCUT2D eigenvalue weighted by atomic mass is 10.0. The Kier molecular flexibility index (Phi) is 5.55. The summed E-state index contributed by atoms with van der Waals surface area (Å²) in [5.74, 6) is 0.985. The van der Waals surface area contributed by atoms with E-state index in [4.69, 9.17) is 15.6 Å². The van der Waals surface area contributed by atoms with Crippen LogP contribution in [0.2, 0.25) is 0 Å². The third-order valence-corrected chi connectivity index (χ3v) is 6.08. The number of carbonyl (C=O) groups excluding carboxylic acids is 1. The first-order valence-electron chi connectivity index (χ1n) is 11.1. The molecule has 8 nitrogen and oxygen atoms in total. The third-order valence-electron chi connectivity index (χ3n) is 6.08. The maximum atomic E-state index is 12.4. The first-order valence-corrected chi connectivity index (χ1v) is 11.1. The zero-order chi connectivity index (χ0) is 22.1. The van der Waals surface area contributed by atoms with Gasteiger partial charge in [0.25, 0.3) is 5.91 Å². The van der Waals surface area contributed by atoms with E-state index in [1.165, 1.54) is 0 Å². The van der Waals surface area contributed by atoms with Crippen LogP contribution in [0.25, 0.3) is 5.69 Å². The quantitative estimate of drug-likeness (QED) is 0.574. The Hall–Kier alpha value is -3.36. The highest BCUT2D eigenvalue weighted by atomic mass is 16.5. The van der Waals surface area contributed by atoms with Gasteiger partial charge in [-0.1, -0.05) is 18.2 Å². The highest BCUT2D eigenvalue weighted by Gasteiger charge is 2.35. The highest BCUT2D eigenvalue weighted by molar-refractivity contribution is 5.98. The van der Waals surface area contributed by atoms with Crippen LogP contribution in [0.5, 0.6) is 11.5 Å². The maximum Gasteiger partial charge on any atom is 0.269 e. The van der Waals surface area contributed by atoms with Crippen molar-refractivity contribution in [3.63, 3.8) is 0 Å². The molecule has 0 aliphatic carbocycles. The molecule has 2 aliphatic heterocycles. The minimum atomic E-state index is -0.495. The van der Waals surface area contributed by atoms with Gasteiger partial charge in [0.1, 0.15) is 17.2 Å². The number of benzene rings is 2. The van der Waals surface area contributed by atoms with E-state index in [1.54, 1.807) is 4.68 Å². The van der Waals surface area contributed by atoms with Gasteiger partial charge in [-0.25, -0.2) is 4.68 Å². The average molecular weight is 433 g/mol. The number of fused-ring (bicyclic) bond motifs is 1. The van der Waals surface area contributed by atoms with E-state index in [0.717, 1.165) is 55.4 Å². The first-order chi connectivity index (χ1) is 15.6. The normalized spacial score (nSPS) is 20.9. The standard InChI is InChI=1S/C24H28N6O2/c1-16-15-29(14-13-26-16)20-11-12-27-22-21(20)28-30(23(22)24(25)31)17-7-9-19(10-8-17)32-18-5-3-2-4-6-18/h2-10,16,20,26-27H,11-15H2,1H3,(H2,25,31)/t16-,20?/m0/s1. The molecule has 0 bridgehead atoms. The van der Waals surface area contributed by atoms with Gasteiger partial charge in [-0.15, -0.1) is 0 Å². The number of para-hydroxylation sites is 1. The van der Waals surface area contributed by atoms with Gasteiger partial charge >= 0.3 is 0 Å². The predicted octanol–water partition coefficient (Wildman–Crippen LogP) is 2.91. The molecule has 8 heteroatoms. The molecule has 1 saturated heterocycles. The van der Waals surface area contributed by atoms with Gasteiger partial charge in [-0.3, -0.25) is 9.69 Å². The van der Waals surface area contributed by atoms with Crippen LogP contribution in [-0.4, -0.2) is 52.8 Å². The fourth-order valence-electron chi connectivity index (χ4n) is 4.61. The number of nitrogens with one attached hydrogen (secondary N) is 2. The molecule has 3 aromatic rings. The molecule has 166 valence electrons.